The molecular weight excluding hydrogens is 380 g/mol. The van der Waals surface area contributed by atoms with Crippen LogP contribution >= 0.6 is 0 Å². The predicted molar refractivity (Wildman–Crippen MR) is 134 cm³/mol. The first-order chi connectivity index (χ1) is 15.1. The van der Waals surface area contributed by atoms with Crippen LogP contribution in [0, 0.1) is 17.8 Å². The second kappa shape index (κ2) is 11.5. The summed E-state index contributed by atoms with van der Waals surface area (Å²) in [5.74, 6) is 5.16. The SMILES string of the molecule is CC.CCC1CCC(C2CCC(c3ccc(Oc4ccc(N)cc4N)cc3)CC2)CC1. The maximum atomic E-state index is 6.00. The molecule has 3 nitrogen and oxygen atoms in total. The van der Waals surface area contributed by atoms with Gasteiger partial charge in [-0.1, -0.05) is 52.2 Å². The Bertz CT molecular complexity index is 785. The number of nitrogen functional groups attached to an aromatic ring is 2. The quantitative estimate of drug-likeness (QED) is 0.478. The zero-order valence-electron chi connectivity index (χ0n) is 19.8. The molecule has 3 heteroatoms. The highest BCUT2D eigenvalue weighted by Crippen LogP contribution is 2.44. The summed E-state index contributed by atoms with van der Waals surface area (Å²) in [4.78, 5) is 0. The first kappa shape index (κ1) is 23.5. The summed E-state index contributed by atoms with van der Waals surface area (Å²) in [5, 5.41) is 0. The third kappa shape index (κ3) is 6.18. The van der Waals surface area contributed by atoms with E-state index in [2.05, 4.69) is 31.2 Å². The molecule has 0 spiro atoms. The molecule has 2 saturated carbocycles. The number of rotatable bonds is 5. The lowest BCUT2D eigenvalue weighted by molar-refractivity contribution is 0.158. The standard InChI is InChI=1S/C26H36N2O.C2H6/c1-2-18-3-5-19(6-4-18)20-7-9-21(10-8-20)22-11-14-24(15-12-22)29-26-16-13-23(27)17-25(26)28;1-2/h11-21H,2-10,27-28H2,1H3;1-2H3. The van der Waals surface area contributed by atoms with Gasteiger partial charge in [0.25, 0.3) is 0 Å². The lowest BCUT2D eigenvalue weighted by atomic mass is 9.68. The van der Waals surface area contributed by atoms with Crippen molar-refractivity contribution in [1.82, 2.24) is 0 Å². The molecule has 0 amide bonds. The number of benzene rings is 2. The Hall–Kier alpha value is -2.16. The van der Waals surface area contributed by atoms with Crippen LogP contribution in [0.15, 0.2) is 42.5 Å². The minimum absolute atomic E-state index is 0.570. The molecule has 2 aromatic carbocycles. The van der Waals surface area contributed by atoms with Crippen molar-refractivity contribution in [2.75, 3.05) is 11.5 Å². The fourth-order valence-electron chi connectivity index (χ4n) is 5.59. The maximum Gasteiger partial charge on any atom is 0.150 e. The lowest BCUT2D eigenvalue weighted by Crippen LogP contribution is -2.25. The van der Waals surface area contributed by atoms with E-state index in [1.807, 2.05) is 26.0 Å². The first-order valence-electron chi connectivity index (χ1n) is 12.5. The van der Waals surface area contributed by atoms with Gasteiger partial charge in [-0.05, 0) is 98.1 Å². The average molecular weight is 423 g/mol. The molecule has 0 heterocycles. The second-order valence-electron chi connectivity index (χ2n) is 9.27. The van der Waals surface area contributed by atoms with Crippen molar-refractivity contribution in [2.24, 2.45) is 17.8 Å². The summed E-state index contributed by atoms with van der Waals surface area (Å²) in [7, 11) is 0. The maximum absolute atomic E-state index is 6.00. The van der Waals surface area contributed by atoms with Crippen molar-refractivity contribution < 1.29 is 4.74 Å². The van der Waals surface area contributed by atoms with E-state index in [1.165, 1.54) is 63.4 Å². The Morgan fingerprint density at radius 3 is 1.90 bits per heavy atom. The summed E-state index contributed by atoms with van der Waals surface area (Å²) in [6.45, 7) is 6.36. The van der Waals surface area contributed by atoms with Crippen LogP contribution in [0.25, 0.3) is 0 Å². The minimum atomic E-state index is 0.570. The van der Waals surface area contributed by atoms with E-state index in [9.17, 15) is 0 Å². The van der Waals surface area contributed by atoms with Gasteiger partial charge in [-0.25, -0.2) is 0 Å². The molecule has 0 atom stereocenters. The van der Waals surface area contributed by atoms with E-state index in [4.69, 9.17) is 16.2 Å². The van der Waals surface area contributed by atoms with Crippen molar-refractivity contribution in [2.45, 2.75) is 84.5 Å². The van der Waals surface area contributed by atoms with Gasteiger partial charge in [0.2, 0.25) is 0 Å². The summed E-state index contributed by atoms with van der Waals surface area (Å²) in [6, 6.07) is 14.0. The average Bonchev–Trinajstić information content (AvgIpc) is 2.83. The van der Waals surface area contributed by atoms with Crippen LogP contribution in [-0.4, -0.2) is 0 Å². The number of ether oxygens (including phenoxy) is 1. The molecule has 2 aliphatic carbocycles. The zero-order chi connectivity index (χ0) is 22.2. The van der Waals surface area contributed by atoms with Crippen LogP contribution in [0.5, 0.6) is 11.5 Å². The largest absolute Gasteiger partial charge is 0.455 e. The van der Waals surface area contributed by atoms with E-state index in [-0.39, 0.29) is 0 Å². The van der Waals surface area contributed by atoms with Crippen LogP contribution in [0.2, 0.25) is 0 Å². The molecule has 0 radical (unpaired) electrons. The zero-order valence-corrected chi connectivity index (χ0v) is 19.8. The van der Waals surface area contributed by atoms with Gasteiger partial charge in [0, 0.05) is 5.69 Å². The highest BCUT2D eigenvalue weighted by molar-refractivity contribution is 5.61. The molecule has 2 fully saturated rings. The summed E-state index contributed by atoms with van der Waals surface area (Å²) in [5.41, 5.74) is 14.4. The highest BCUT2D eigenvalue weighted by atomic mass is 16.5. The van der Waals surface area contributed by atoms with E-state index >= 15 is 0 Å². The molecular formula is C28H42N2O. The highest BCUT2D eigenvalue weighted by Gasteiger charge is 2.30. The molecule has 4 rings (SSSR count). The third-order valence-electron chi connectivity index (χ3n) is 7.52. The summed E-state index contributed by atoms with van der Waals surface area (Å²) in [6.07, 6.45) is 12.8. The van der Waals surface area contributed by atoms with E-state index in [1.54, 1.807) is 6.07 Å². The second-order valence-corrected chi connectivity index (χ2v) is 9.27. The Kier molecular flexibility index (Phi) is 8.69. The van der Waals surface area contributed by atoms with E-state index in [0.29, 0.717) is 23.0 Å². The van der Waals surface area contributed by atoms with Crippen LogP contribution < -0.4 is 16.2 Å². The lowest BCUT2D eigenvalue weighted by Gasteiger charge is -2.38. The first-order valence-corrected chi connectivity index (χ1v) is 12.5. The van der Waals surface area contributed by atoms with E-state index in [0.717, 1.165) is 23.5 Å². The molecule has 0 saturated heterocycles. The summed E-state index contributed by atoms with van der Waals surface area (Å²) >= 11 is 0. The monoisotopic (exact) mass is 422 g/mol. The molecule has 2 aromatic rings. The fourth-order valence-corrected chi connectivity index (χ4v) is 5.59. The van der Waals surface area contributed by atoms with Crippen LogP contribution in [0.1, 0.15) is 90.0 Å². The van der Waals surface area contributed by atoms with Crippen molar-refractivity contribution in [1.29, 1.82) is 0 Å². The molecule has 0 aliphatic heterocycles. The molecule has 2 aliphatic rings. The molecule has 4 N–H and O–H groups in total. The Morgan fingerprint density at radius 1 is 0.774 bits per heavy atom. The van der Waals surface area contributed by atoms with Crippen LogP contribution in [0.4, 0.5) is 11.4 Å². The van der Waals surface area contributed by atoms with Crippen molar-refractivity contribution in [3.05, 3.63) is 48.0 Å². The van der Waals surface area contributed by atoms with Gasteiger partial charge in [0.05, 0.1) is 5.69 Å². The minimum Gasteiger partial charge on any atom is -0.455 e. The molecule has 31 heavy (non-hydrogen) atoms. The molecule has 0 aromatic heterocycles. The Morgan fingerprint density at radius 2 is 1.35 bits per heavy atom. The number of anilines is 2. The summed E-state index contributed by atoms with van der Waals surface area (Å²) < 4.78 is 5.94. The number of nitrogens with two attached hydrogens (primary N) is 2. The van der Waals surface area contributed by atoms with Gasteiger partial charge < -0.3 is 16.2 Å². The molecule has 0 unspecified atom stereocenters. The third-order valence-corrected chi connectivity index (χ3v) is 7.52. The smallest absolute Gasteiger partial charge is 0.150 e. The normalized spacial score (nSPS) is 25.9. The van der Waals surface area contributed by atoms with Crippen LogP contribution in [0.3, 0.4) is 0 Å². The van der Waals surface area contributed by atoms with E-state index < -0.39 is 0 Å². The van der Waals surface area contributed by atoms with Crippen LogP contribution in [-0.2, 0) is 0 Å². The van der Waals surface area contributed by atoms with Crippen molar-refractivity contribution in [3.63, 3.8) is 0 Å². The number of hydrogen-bond acceptors (Lipinski definition) is 3. The molecule has 0 bridgehead atoms. The number of hydrogen-bond donors (Lipinski definition) is 2. The van der Waals surface area contributed by atoms with Gasteiger partial charge >= 0.3 is 0 Å². The van der Waals surface area contributed by atoms with Gasteiger partial charge in [-0.2, -0.15) is 0 Å². The predicted octanol–water partition coefficient (Wildman–Crippen LogP) is 8.16. The van der Waals surface area contributed by atoms with Gasteiger partial charge in [-0.3, -0.25) is 0 Å². The topological polar surface area (TPSA) is 61.3 Å². The Labute approximate surface area is 189 Å². The van der Waals surface area contributed by atoms with Gasteiger partial charge in [-0.15, -0.1) is 0 Å². The molecule has 170 valence electrons. The van der Waals surface area contributed by atoms with Crippen molar-refractivity contribution >= 4 is 11.4 Å². The fraction of sp³-hybridized carbons (Fsp3) is 0.571. The Balaban J connectivity index is 0.00000132. The van der Waals surface area contributed by atoms with Gasteiger partial charge in [0.1, 0.15) is 11.5 Å². The van der Waals surface area contributed by atoms with Crippen molar-refractivity contribution in [3.8, 4) is 11.5 Å². The van der Waals surface area contributed by atoms with Gasteiger partial charge in [0.15, 0.2) is 0 Å².